The Balaban J connectivity index is 2.38. The van der Waals surface area contributed by atoms with Gasteiger partial charge in [0.25, 0.3) is 0 Å². The minimum atomic E-state index is 0.0903. The molecule has 3 N–H and O–H groups in total. The number of aryl methyl sites for hydroxylation is 1. The van der Waals surface area contributed by atoms with E-state index in [-0.39, 0.29) is 11.3 Å². The molecule has 100 valence electrons. The summed E-state index contributed by atoms with van der Waals surface area (Å²) in [7, 11) is 0. The van der Waals surface area contributed by atoms with E-state index in [1.165, 1.54) is 16.9 Å². The Morgan fingerprint density at radius 3 is 2.21 bits per heavy atom. The molecule has 0 radical (unpaired) electrons. The zero-order valence-corrected chi connectivity index (χ0v) is 12.6. The first kappa shape index (κ1) is 13.7. The lowest BCUT2D eigenvalue weighted by molar-refractivity contribution is 0.590. The van der Waals surface area contributed by atoms with Gasteiger partial charge in [-0.3, -0.25) is 5.41 Å². The van der Waals surface area contributed by atoms with Crippen LogP contribution in [0.5, 0.6) is 0 Å². The number of aromatic nitrogens is 1. The molecule has 0 fully saturated rings. The average molecular weight is 273 g/mol. The molecule has 0 saturated heterocycles. The van der Waals surface area contributed by atoms with Crippen molar-refractivity contribution in [1.82, 2.24) is 4.98 Å². The standard InChI is InChI=1S/C15H19N3S/c1-9-12(13(16)17)19-14(18-9)10-5-7-11(8-6-10)15(2,3)4/h5-8H,1-4H3,(H3,16,17). The lowest BCUT2D eigenvalue weighted by atomic mass is 9.87. The van der Waals surface area contributed by atoms with E-state index in [9.17, 15) is 0 Å². The maximum Gasteiger partial charge on any atom is 0.135 e. The highest BCUT2D eigenvalue weighted by molar-refractivity contribution is 7.17. The molecule has 1 heterocycles. The van der Waals surface area contributed by atoms with Crippen LogP contribution in [0.15, 0.2) is 24.3 Å². The molecular weight excluding hydrogens is 254 g/mol. The number of nitrogen functional groups attached to an aromatic ring is 1. The Bertz CT molecular complexity index is 603. The first-order valence-electron chi connectivity index (χ1n) is 6.22. The second-order valence-corrected chi connectivity index (χ2v) is 6.67. The van der Waals surface area contributed by atoms with Crippen LogP contribution in [-0.2, 0) is 5.41 Å². The highest BCUT2D eigenvalue weighted by Gasteiger charge is 2.15. The summed E-state index contributed by atoms with van der Waals surface area (Å²) >= 11 is 1.47. The van der Waals surface area contributed by atoms with Crippen LogP contribution in [0.25, 0.3) is 10.6 Å². The predicted molar refractivity (Wildman–Crippen MR) is 82.0 cm³/mol. The molecule has 0 unspecified atom stereocenters. The summed E-state index contributed by atoms with van der Waals surface area (Å²) in [4.78, 5) is 5.25. The number of rotatable bonds is 2. The fraction of sp³-hybridized carbons (Fsp3) is 0.333. The Labute approximate surface area is 118 Å². The van der Waals surface area contributed by atoms with Crippen LogP contribution in [0.3, 0.4) is 0 Å². The second-order valence-electron chi connectivity index (χ2n) is 5.67. The first-order valence-corrected chi connectivity index (χ1v) is 7.03. The third-order valence-corrected chi connectivity index (χ3v) is 4.28. The fourth-order valence-corrected chi connectivity index (χ4v) is 2.82. The molecule has 1 aromatic carbocycles. The van der Waals surface area contributed by atoms with E-state index in [4.69, 9.17) is 11.1 Å². The van der Waals surface area contributed by atoms with E-state index >= 15 is 0 Å². The number of nitrogens with two attached hydrogens (primary N) is 1. The van der Waals surface area contributed by atoms with Crippen LogP contribution in [0.1, 0.15) is 36.9 Å². The molecule has 19 heavy (non-hydrogen) atoms. The van der Waals surface area contributed by atoms with Crippen molar-refractivity contribution in [2.75, 3.05) is 0 Å². The Kier molecular flexibility index (Phi) is 3.45. The van der Waals surface area contributed by atoms with Crippen molar-refractivity contribution in [2.45, 2.75) is 33.1 Å². The summed E-state index contributed by atoms with van der Waals surface area (Å²) in [6.07, 6.45) is 0. The molecule has 4 heteroatoms. The van der Waals surface area contributed by atoms with Crippen LogP contribution in [0.4, 0.5) is 0 Å². The maximum atomic E-state index is 7.52. The molecule has 0 spiro atoms. The average Bonchev–Trinajstić information content (AvgIpc) is 2.70. The van der Waals surface area contributed by atoms with Gasteiger partial charge in [0, 0.05) is 5.56 Å². The summed E-state index contributed by atoms with van der Waals surface area (Å²) < 4.78 is 0. The van der Waals surface area contributed by atoms with Crippen molar-refractivity contribution >= 4 is 17.2 Å². The van der Waals surface area contributed by atoms with Gasteiger partial charge in [-0.15, -0.1) is 11.3 Å². The van der Waals surface area contributed by atoms with Crippen molar-refractivity contribution in [1.29, 1.82) is 5.41 Å². The van der Waals surface area contributed by atoms with Gasteiger partial charge >= 0.3 is 0 Å². The largest absolute Gasteiger partial charge is 0.383 e. The van der Waals surface area contributed by atoms with E-state index in [0.29, 0.717) is 0 Å². The molecular formula is C15H19N3S. The highest BCUT2D eigenvalue weighted by Crippen LogP contribution is 2.30. The van der Waals surface area contributed by atoms with Crippen LogP contribution in [-0.4, -0.2) is 10.8 Å². The molecule has 2 rings (SSSR count). The summed E-state index contributed by atoms with van der Waals surface area (Å²) in [5.41, 5.74) is 8.90. The van der Waals surface area contributed by atoms with E-state index in [2.05, 4.69) is 50.0 Å². The fourth-order valence-electron chi connectivity index (χ4n) is 1.88. The molecule has 0 atom stereocenters. The smallest absolute Gasteiger partial charge is 0.135 e. The van der Waals surface area contributed by atoms with Crippen molar-refractivity contribution in [3.8, 4) is 10.6 Å². The SMILES string of the molecule is Cc1nc(-c2ccc(C(C)(C)C)cc2)sc1C(=N)N. The van der Waals surface area contributed by atoms with Crippen molar-refractivity contribution < 1.29 is 0 Å². The molecule has 2 aromatic rings. The van der Waals surface area contributed by atoms with Crippen LogP contribution < -0.4 is 5.73 Å². The Morgan fingerprint density at radius 1 is 1.21 bits per heavy atom. The predicted octanol–water partition coefficient (Wildman–Crippen LogP) is 3.70. The van der Waals surface area contributed by atoms with E-state index in [0.717, 1.165) is 21.1 Å². The van der Waals surface area contributed by atoms with Gasteiger partial charge in [0.05, 0.1) is 10.6 Å². The summed E-state index contributed by atoms with van der Waals surface area (Å²) in [5.74, 6) is 0.0903. The van der Waals surface area contributed by atoms with Crippen molar-refractivity contribution in [3.05, 3.63) is 40.4 Å². The molecule has 0 aliphatic heterocycles. The molecule has 0 saturated carbocycles. The third-order valence-electron chi connectivity index (χ3n) is 3.04. The number of hydrogen-bond acceptors (Lipinski definition) is 3. The van der Waals surface area contributed by atoms with Gasteiger partial charge in [0.15, 0.2) is 0 Å². The van der Waals surface area contributed by atoms with Gasteiger partial charge in [-0.2, -0.15) is 0 Å². The van der Waals surface area contributed by atoms with Crippen LogP contribution in [0.2, 0.25) is 0 Å². The second kappa shape index (κ2) is 4.78. The van der Waals surface area contributed by atoms with Gasteiger partial charge in [-0.25, -0.2) is 4.98 Å². The third kappa shape index (κ3) is 2.84. The van der Waals surface area contributed by atoms with Crippen LogP contribution in [0, 0.1) is 12.3 Å². The summed E-state index contributed by atoms with van der Waals surface area (Å²) in [6, 6.07) is 8.45. The molecule has 0 bridgehead atoms. The van der Waals surface area contributed by atoms with Crippen LogP contribution >= 0.6 is 11.3 Å². The van der Waals surface area contributed by atoms with Gasteiger partial charge in [-0.05, 0) is 17.9 Å². The molecule has 0 aliphatic rings. The van der Waals surface area contributed by atoms with Gasteiger partial charge < -0.3 is 5.73 Å². The van der Waals surface area contributed by atoms with E-state index in [1.54, 1.807) is 0 Å². The maximum absolute atomic E-state index is 7.52. The number of amidine groups is 1. The number of nitrogens with one attached hydrogen (secondary N) is 1. The zero-order chi connectivity index (χ0) is 14.2. The number of thiazole rings is 1. The topological polar surface area (TPSA) is 62.8 Å². The number of hydrogen-bond donors (Lipinski definition) is 2. The summed E-state index contributed by atoms with van der Waals surface area (Å²) in [6.45, 7) is 8.48. The normalized spacial score (nSPS) is 11.6. The monoisotopic (exact) mass is 273 g/mol. The van der Waals surface area contributed by atoms with Gasteiger partial charge in [0.1, 0.15) is 10.8 Å². The minimum Gasteiger partial charge on any atom is -0.383 e. The van der Waals surface area contributed by atoms with Gasteiger partial charge in [0.2, 0.25) is 0 Å². The number of benzene rings is 1. The summed E-state index contributed by atoms with van der Waals surface area (Å²) in [5, 5.41) is 8.44. The number of nitrogens with zero attached hydrogens (tertiary/aromatic N) is 1. The van der Waals surface area contributed by atoms with Crippen molar-refractivity contribution in [3.63, 3.8) is 0 Å². The lowest BCUT2D eigenvalue weighted by Gasteiger charge is -2.18. The molecule has 1 aromatic heterocycles. The van der Waals surface area contributed by atoms with Crippen molar-refractivity contribution in [2.24, 2.45) is 5.73 Å². The van der Waals surface area contributed by atoms with E-state index < -0.39 is 0 Å². The zero-order valence-electron chi connectivity index (χ0n) is 11.7. The van der Waals surface area contributed by atoms with E-state index in [1.807, 2.05) is 6.92 Å². The molecule has 0 amide bonds. The lowest BCUT2D eigenvalue weighted by Crippen LogP contribution is -2.10. The van der Waals surface area contributed by atoms with Gasteiger partial charge in [-0.1, -0.05) is 45.0 Å². The quantitative estimate of drug-likeness (QED) is 0.647. The Morgan fingerprint density at radius 2 is 1.79 bits per heavy atom. The minimum absolute atomic E-state index is 0.0903. The molecule has 0 aliphatic carbocycles. The first-order chi connectivity index (χ1) is 8.79. The molecule has 3 nitrogen and oxygen atoms in total. The highest BCUT2D eigenvalue weighted by atomic mass is 32.1. The Hall–Kier alpha value is -1.68.